The van der Waals surface area contributed by atoms with Gasteiger partial charge in [0.2, 0.25) is 0 Å². The van der Waals surface area contributed by atoms with E-state index in [1.807, 2.05) is 0 Å². The first kappa shape index (κ1) is 10.1. The van der Waals surface area contributed by atoms with E-state index in [4.69, 9.17) is 0 Å². The third-order valence-corrected chi connectivity index (χ3v) is 3.74. The Kier molecular flexibility index (Phi) is 2.85. The molecule has 0 aromatic heterocycles. The van der Waals surface area contributed by atoms with Gasteiger partial charge in [0.1, 0.15) is 0 Å². The Hall–Kier alpha value is 0. The van der Waals surface area contributed by atoms with Gasteiger partial charge in [-0.2, -0.15) is 0 Å². The van der Waals surface area contributed by atoms with Crippen molar-refractivity contribution in [2.24, 2.45) is 23.2 Å². The van der Waals surface area contributed by atoms with E-state index in [9.17, 15) is 0 Å². The Morgan fingerprint density at radius 3 is 2.00 bits per heavy atom. The summed E-state index contributed by atoms with van der Waals surface area (Å²) in [4.78, 5) is 0. The van der Waals surface area contributed by atoms with E-state index in [-0.39, 0.29) is 0 Å². The topological polar surface area (TPSA) is 0 Å². The van der Waals surface area contributed by atoms with Gasteiger partial charge in [0.15, 0.2) is 0 Å². The van der Waals surface area contributed by atoms with Crippen molar-refractivity contribution in [3.8, 4) is 0 Å². The first-order chi connectivity index (χ1) is 5.43. The van der Waals surface area contributed by atoms with Crippen LogP contribution in [0.1, 0.15) is 53.9 Å². The lowest BCUT2D eigenvalue weighted by atomic mass is 9.71. The molecule has 1 rings (SSSR count). The molecule has 1 saturated carbocycles. The second kappa shape index (κ2) is 3.40. The molecule has 0 heteroatoms. The van der Waals surface area contributed by atoms with Crippen molar-refractivity contribution >= 4 is 0 Å². The van der Waals surface area contributed by atoms with Gasteiger partial charge in [-0.1, -0.05) is 47.5 Å². The molecule has 0 amide bonds. The summed E-state index contributed by atoms with van der Waals surface area (Å²) < 4.78 is 0. The Labute approximate surface area is 77.7 Å². The fourth-order valence-electron chi connectivity index (χ4n) is 2.15. The number of rotatable bonds is 4. The van der Waals surface area contributed by atoms with E-state index in [0.717, 1.165) is 17.8 Å². The summed E-state index contributed by atoms with van der Waals surface area (Å²) in [5, 5.41) is 0. The fraction of sp³-hybridized carbons (Fsp3) is 1.00. The Morgan fingerprint density at radius 1 is 1.17 bits per heavy atom. The second-order valence-corrected chi connectivity index (χ2v) is 5.67. The maximum absolute atomic E-state index is 2.44. The van der Waals surface area contributed by atoms with Crippen molar-refractivity contribution < 1.29 is 0 Å². The molecule has 72 valence electrons. The Bertz CT molecular complexity index is 140. The highest BCUT2D eigenvalue weighted by molar-refractivity contribution is 4.85. The first-order valence-electron chi connectivity index (χ1n) is 5.43. The van der Waals surface area contributed by atoms with Crippen molar-refractivity contribution in [3.63, 3.8) is 0 Å². The maximum atomic E-state index is 2.44. The normalized spacial score (nSPS) is 21.5. The average molecular weight is 168 g/mol. The monoisotopic (exact) mass is 168 g/mol. The van der Waals surface area contributed by atoms with E-state index in [2.05, 4.69) is 34.6 Å². The first-order valence-corrected chi connectivity index (χ1v) is 5.43. The van der Waals surface area contributed by atoms with Crippen LogP contribution in [0.3, 0.4) is 0 Å². The molecule has 0 N–H and O–H groups in total. The zero-order valence-corrected chi connectivity index (χ0v) is 9.35. The molecule has 12 heavy (non-hydrogen) atoms. The molecule has 1 aliphatic rings. The van der Waals surface area contributed by atoms with Crippen LogP contribution in [0.5, 0.6) is 0 Å². The smallest absolute Gasteiger partial charge is 0.0323 e. The van der Waals surface area contributed by atoms with E-state index in [0.29, 0.717) is 5.41 Å². The molecule has 1 unspecified atom stereocenters. The lowest BCUT2D eigenvalue weighted by Crippen LogP contribution is -2.26. The SMILES string of the molecule is CC(C)C(C)C(C)(C)CC1CC1. The average Bonchev–Trinajstić information content (AvgIpc) is 2.69. The summed E-state index contributed by atoms with van der Waals surface area (Å²) in [6.07, 6.45) is 4.44. The van der Waals surface area contributed by atoms with Crippen LogP contribution < -0.4 is 0 Å². The largest absolute Gasteiger partial charge is 0.0625 e. The molecule has 1 aliphatic carbocycles. The summed E-state index contributed by atoms with van der Waals surface area (Å²) in [5.74, 6) is 2.76. The molecule has 0 aliphatic heterocycles. The van der Waals surface area contributed by atoms with Gasteiger partial charge < -0.3 is 0 Å². The van der Waals surface area contributed by atoms with E-state index >= 15 is 0 Å². The lowest BCUT2D eigenvalue weighted by Gasteiger charge is -2.34. The van der Waals surface area contributed by atoms with E-state index in [1.165, 1.54) is 19.3 Å². The summed E-state index contributed by atoms with van der Waals surface area (Å²) in [6.45, 7) is 12.0. The van der Waals surface area contributed by atoms with Crippen LogP contribution >= 0.6 is 0 Å². The third-order valence-electron chi connectivity index (χ3n) is 3.74. The molecular formula is C12H24. The van der Waals surface area contributed by atoms with Crippen LogP contribution in [0, 0.1) is 23.2 Å². The zero-order chi connectivity index (χ0) is 9.35. The Balaban J connectivity index is 2.43. The summed E-state index contributed by atoms with van der Waals surface area (Å²) >= 11 is 0. The van der Waals surface area contributed by atoms with Gasteiger partial charge in [-0.05, 0) is 29.6 Å². The third kappa shape index (κ3) is 2.50. The molecule has 0 heterocycles. The minimum absolute atomic E-state index is 0.565. The second-order valence-electron chi connectivity index (χ2n) is 5.67. The standard InChI is InChI=1S/C12H24/c1-9(2)10(3)12(4,5)8-11-6-7-11/h9-11H,6-8H2,1-5H3. The highest BCUT2D eigenvalue weighted by Gasteiger charge is 2.34. The van der Waals surface area contributed by atoms with E-state index < -0.39 is 0 Å². The number of hydrogen-bond acceptors (Lipinski definition) is 0. The van der Waals surface area contributed by atoms with Crippen LogP contribution in [-0.2, 0) is 0 Å². The molecule has 0 aromatic rings. The van der Waals surface area contributed by atoms with Crippen molar-refractivity contribution in [1.82, 2.24) is 0 Å². The quantitative estimate of drug-likeness (QED) is 0.592. The molecular weight excluding hydrogens is 144 g/mol. The van der Waals surface area contributed by atoms with Crippen molar-refractivity contribution in [2.45, 2.75) is 53.9 Å². The van der Waals surface area contributed by atoms with Crippen LogP contribution in [0.4, 0.5) is 0 Å². The van der Waals surface area contributed by atoms with Crippen molar-refractivity contribution in [2.75, 3.05) is 0 Å². The minimum Gasteiger partial charge on any atom is -0.0625 e. The van der Waals surface area contributed by atoms with Crippen molar-refractivity contribution in [3.05, 3.63) is 0 Å². The number of hydrogen-bond donors (Lipinski definition) is 0. The summed E-state index contributed by atoms with van der Waals surface area (Å²) in [7, 11) is 0. The van der Waals surface area contributed by atoms with Gasteiger partial charge in [-0.3, -0.25) is 0 Å². The minimum atomic E-state index is 0.565. The molecule has 0 spiro atoms. The van der Waals surface area contributed by atoms with E-state index in [1.54, 1.807) is 0 Å². The highest BCUT2D eigenvalue weighted by Crippen LogP contribution is 2.45. The predicted molar refractivity (Wildman–Crippen MR) is 55.1 cm³/mol. The van der Waals surface area contributed by atoms with Crippen molar-refractivity contribution in [1.29, 1.82) is 0 Å². The molecule has 1 fully saturated rings. The predicted octanol–water partition coefficient (Wildman–Crippen LogP) is 4.10. The van der Waals surface area contributed by atoms with Gasteiger partial charge in [0.05, 0.1) is 0 Å². The summed E-state index contributed by atoms with van der Waals surface area (Å²) in [6, 6.07) is 0. The molecule has 0 nitrogen and oxygen atoms in total. The van der Waals surface area contributed by atoms with Gasteiger partial charge in [0, 0.05) is 0 Å². The summed E-state index contributed by atoms with van der Waals surface area (Å²) in [5.41, 5.74) is 0.565. The van der Waals surface area contributed by atoms with Gasteiger partial charge >= 0.3 is 0 Å². The van der Waals surface area contributed by atoms with Gasteiger partial charge in [-0.25, -0.2) is 0 Å². The zero-order valence-electron chi connectivity index (χ0n) is 9.35. The highest BCUT2D eigenvalue weighted by atomic mass is 14.4. The Morgan fingerprint density at radius 2 is 1.67 bits per heavy atom. The van der Waals surface area contributed by atoms with Crippen LogP contribution in [0.25, 0.3) is 0 Å². The molecule has 0 saturated heterocycles. The maximum Gasteiger partial charge on any atom is -0.0323 e. The molecule has 1 atom stereocenters. The molecule has 0 bridgehead atoms. The van der Waals surface area contributed by atoms with Crippen LogP contribution in [0.15, 0.2) is 0 Å². The lowest BCUT2D eigenvalue weighted by molar-refractivity contribution is 0.152. The van der Waals surface area contributed by atoms with Gasteiger partial charge in [0.25, 0.3) is 0 Å². The molecule has 0 aromatic carbocycles. The van der Waals surface area contributed by atoms with Crippen LogP contribution in [-0.4, -0.2) is 0 Å². The fourth-order valence-corrected chi connectivity index (χ4v) is 2.15. The molecule has 0 radical (unpaired) electrons. The van der Waals surface area contributed by atoms with Crippen LogP contribution in [0.2, 0.25) is 0 Å². The van der Waals surface area contributed by atoms with Gasteiger partial charge in [-0.15, -0.1) is 0 Å².